The maximum absolute atomic E-state index is 12.9. The van der Waals surface area contributed by atoms with E-state index >= 15 is 0 Å². The van der Waals surface area contributed by atoms with Gasteiger partial charge in [0, 0.05) is 5.92 Å². The molecule has 1 amide bonds. The van der Waals surface area contributed by atoms with Crippen molar-refractivity contribution in [2.75, 3.05) is 13.1 Å². The lowest BCUT2D eigenvalue weighted by Crippen LogP contribution is -2.46. The average molecular weight is 264 g/mol. The second-order valence-electron chi connectivity index (χ2n) is 5.65. The van der Waals surface area contributed by atoms with Gasteiger partial charge in [0.25, 0.3) is 0 Å². The summed E-state index contributed by atoms with van der Waals surface area (Å²) >= 11 is 0. The van der Waals surface area contributed by atoms with Crippen LogP contribution in [0.2, 0.25) is 0 Å². The molecule has 0 aliphatic carbocycles. The van der Waals surface area contributed by atoms with Gasteiger partial charge in [-0.2, -0.15) is 0 Å². The van der Waals surface area contributed by atoms with E-state index in [0.29, 0.717) is 0 Å². The lowest BCUT2D eigenvalue weighted by atomic mass is 9.91. The summed E-state index contributed by atoms with van der Waals surface area (Å²) in [6, 6.07) is 6.29. The normalized spacial score (nSPS) is 17.2. The van der Waals surface area contributed by atoms with Crippen LogP contribution in [0.4, 0.5) is 4.39 Å². The third kappa shape index (κ3) is 3.53. The van der Waals surface area contributed by atoms with E-state index < -0.39 is 5.54 Å². The van der Waals surface area contributed by atoms with Crippen LogP contribution in [0, 0.1) is 11.7 Å². The first kappa shape index (κ1) is 14.0. The van der Waals surface area contributed by atoms with Crippen molar-refractivity contribution >= 4 is 5.91 Å². The van der Waals surface area contributed by atoms with E-state index in [1.807, 2.05) is 13.8 Å². The van der Waals surface area contributed by atoms with E-state index in [-0.39, 0.29) is 17.6 Å². The molecular weight excluding hydrogens is 243 g/mol. The summed E-state index contributed by atoms with van der Waals surface area (Å²) in [6.07, 6.45) is 1.76. The number of halogens is 1. The molecule has 0 bridgehead atoms. The third-order valence-corrected chi connectivity index (χ3v) is 3.71. The van der Waals surface area contributed by atoms with Crippen LogP contribution in [0.5, 0.6) is 0 Å². The zero-order chi connectivity index (χ0) is 13.9. The SMILES string of the molecule is CC(C)(NC(=O)C1CCNCC1)c1ccc(F)cc1. The topological polar surface area (TPSA) is 41.1 Å². The fourth-order valence-electron chi connectivity index (χ4n) is 2.43. The molecule has 104 valence electrons. The molecule has 0 aromatic heterocycles. The Morgan fingerprint density at radius 1 is 1.26 bits per heavy atom. The van der Waals surface area contributed by atoms with Crippen molar-refractivity contribution in [2.45, 2.75) is 32.2 Å². The number of nitrogens with one attached hydrogen (secondary N) is 2. The predicted molar refractivity (Wildman–Crippen MR) is 73.2 cm³/mol. The van der Waals surface area contributed by atoms with Gasteiger partial charge < -0.3 is 10.6 Å². The van der Waals surface area contributed by atoms with E-state index in [1.165, 1.54) is 12.1 Å². The van der Waals surface area contributed by atoms with E-state index in [9.17, 15) is 9.18 Å². The van der Waals surface area contributed by atoms with E-state index in [1.54, 1.807) is 12.1 Å². The lowest BCUT2D eigenvalue weighted by molar-refractivity contribution is -0.127. The number of hydrogen-bond donors (Lipinski definition) is 2. The van der Waals surface area contributed by atoms with Gasteiger partial charge >= 0.3 is 0 Å². The zero-order valence-electron chi connectivity index (χ0n) is 11.5. The van der Waals surface area contributed by atoms with Crippen LogP contribution in [0.3, 0.4) is 0 Å². The highest BCUT2D eigenvalue weighted by Crippen LogP contribution is 2.22. The summed E-state index contributed by atoms with van der Waals surface area (Å²) in [4.78, 5) is 12.2. The Labute approximate surface area is 113 Å². The van der Waals surface area contributed by atoms with Crippen molar-refractivity contribution in [1.82, 2.24) is 10.6 Å². The molecule has 1 aromatic rings. The number of benzene rings is 1. The van der Waals surface area contributed by atoms with Crippen LogP contribution >= 0.6 is 0 Å². The van der Waals surface area contributed by atoms with Crippen LogP contribution in [-0.4, -0.2) is 19.0 Å². The maximum atomic E-state index is 12.9. The first-order valence-electron chi connectivity index (χ1n) is 6.78. The van der Waals surface area contributed by atoms with Gasteiger partial charge in [-0.3, -0.25) is 4.79 Å². The summed E-state index contributed by atoms with van der Waals surface area (Å²) in [6.45, 7) is 5.68. The van der Waals surface area contributed by atoms with E-state index in [0.717, 1.165) is 31.5 Å². The van der Waals surface area contributed by atoms with Crippen molar-refractivity contribution in [1.29, 1.82) is 0 Å². The molecule has 1 aliphatic heterocycles. The Hall–Kier alpha value is -1.42. The Kier molecular flexibility index (Phi) is 4.20. The number of piperidine rings is 1. The molecule has 0 radical (unpaired) electrons. The molecule has 1 aliphatic rings. The standard InChI is InChI=1S/C15H21FN2O/c1-15(2,12-3-5-13(16)6-4-12)18-14(19)11-7-9-17-10-8-11/h3-6,11,17H,7-10H2,1-2H3,(H,18,19). The summed E-state index contributed by atoms with van der Waals surface area (Å²) in [5.74, 6) is -0.0824. The van der Waals surface area contributed by atoms with Crippen LogP contribution in [0.1, 0.15) is 32.3 Å². The van der Waals surface area contributed by atoms with Crippen molar-refractivity contribution in [3.05, 3.63) is 35.6 Å². The number of carbonyl (C=O) groups excluding carboxylic acids is 1. The highest BCUT2D eigenvalue weighted by Gasteiger charge is 2.28. The number of carbonyl (C=O) groups is 1. The molecule has 1 saturated heterocycles. The summed E-state index contributed by atoms with van der Waals surface area (Å²) in [5.41, 5.74) is 0.437. The molecule has 1 aromatic carbocycles. The number of amides is 1. The first-order chi connectivity index (χ1) is 8.99. The molecule has 2 rings (SSSR count). The Balaban J connectivity index is 2.03. The predicted octanol–water partition coefficient (Wildman–Crippen LogP) is 2.18. The van der Waals surface area contributed by atoms with Crippen LogP contribution < -0.4 is 10.6 Å². The van der Waals surface area contributed by atoms with Crippen LogP contribution in [0.25, 0.3) is 0 Å². The summed E-state index contributed by atoms with van der Waals surface area (Å²) < 4.78 is 12.9. The molecule has 2 N–H and O–H groups in total. The smallest absolute Gasteiger partial charge is 0.223 e. The molecule has 0 unspecified atom stereocenters. The monoisotopic (exact) mass is 264 g/mol. The molecule has 1 heterocycles. The Bertz CT molecular complexity index is 436. The summed E-state index contributed by atoms with van der Waals surface area (Å²) in [7, 11) is 0. The van der Waals surface area contributed by atoms with Crippen molar-refractivity contribution < 1.29 is 9.18 Å². The van der Waals surface area contributed by atoms with Crippen molar-refractivity contribution in [3.63, 3.8) is 0 Å². The second-order valence-corrected chi connectivity index (χ2v) is 5.65. The molecule has 1 fully saturated rings. The Morgan fingerprint density at radius 2 is 1.84 bits per heavy atom. The quantitative estimate of drug-likeness (QED) is 0.878. The van der Waals surface area contributed by atoms with Crippen molar-refractivity contribution in [3.8, 4) is 0 Å². The molecule has 0 atom stereocenters. The fourth-order valence-corrected chi connectivity index (χ4v) is 2.43. The molecular formula is C15H21FN2O. The molecule has 0 spiro atoms. The first-order valence-corrected chi connectivity index (χ1v) is 6.78. The molecule has 0 saturated carbocycles. The van der Waals surface area contributed by atoms with E-state index in [4.69, 9.17) is 0 Å². The van der Waals surface area contributed by atoms with Gasteiger partial charge in [0.15, 0.2) is 0 Å². The second kappa shape index (κ2) is 5.70. The van der Waals surface area contributed by atoms with Gasteiger partial charge in [0.2, 0.25) is 5.91 Å². The van der Waals surface area contributed by atoms with Gasteiger partial charge in [-0.05, 0) is 57.5 Å². The van der Waals surface area contributed by atoms with Crippen LogP contribution in [0.15, 0.2) is 24.3 Å². The zero-order valence-corrected chi connectivity index (χ0v) is 11.5. The van der Waals surface area contributed by atoms with Gasteiger partial charge in [-0.25, -0.2) is 4.39 Å². The maximum Gasteiger partial charge on any atom is 0.223 e. The molecule has 4 heteroatoms. The highest BCUT2D eigenvalue weighted by molar-refractivity contribution is 5.79. The average Bonchev–Trinajstić information content (AvgIpc) is 2.40. The van der Waals surface area contributed by atoms with Crippen molar-refractivity contribution in [2.24, 2.45) is 5.92 Å². The Morgan fingerprint density at radius 3 is 2.42 bits per heavy atom. The fraction of sp³-hybridized carbons (Fsp3) is 0.533. The van der Waals surface area contributed by atoms with Gasteiger partial charge in [-0.1, -0.05) is 12.1 Å². The van der Waals surface area contributed by atoms with Gasteiger partial charge in [0.1, 0.15) is 5.82 Å². The van der Waals surface area contributed by atoms with Gasteiger partial charge in [0.05, 0.1) is 5.54 Å². The largest absolute Gasteiger partial charge is 0.347 e. The highest BCUT2D eigenvalue weighted by atomic mass is 19.1. The van der Waals surface area contributed by atoms with Crippen LogP contribution in [-0.2, 0) is 10.3 Å². The minimum Gasteiger partial charge on any atom is -0.347 e. The third-order valence-electron chi connectivity index (χ3n) is 3.71. The summed E-state index contributed by atoms with van der Waals surface area (Å²) in [5, 5.41) is 6.32. The minimum absolute atomic E-state index is 0.0842. The lowest BCUT2D eigenvalue weighted by Gasteiger charge is -2.30. The van der Waals surface area contributed by atoms with Gasteiger partial charge in [-0.15, -0.1) is 0 Å². The van der Waals surface area contributed by atoms with E-state index in [2.05, 4.69) is 10.6 Å². The number of rotatable bonds is 3. The molecule has 19 heavy (non-hydrogen) atoms. The molecule has 3 nitrogen and oxygen atoms in total. The number of hydrogen-bond acceptors (Lipinski definition) is 2. The minimum atomic E-state index is -0.477.